The number of nitrogen functional groups attached to an aromatic ring is 1. The summed E-state index contributed by atoms with van der Waals surface area (Å²) in [5.41, 5.74) is 6.99. The van der Waals surface area contributed by atoms with E-state index in [2.05, 4.69) is 5.32 Å². The van der Waals surface area contributed by atoms with E-state index in [9.17, 15) is 9.90 Å². The number of carboxylic acids is 1. The summed E-state index contributed by atoms with van der Waals surface area (Å²) in [6.07, 6.45) is 0. The quantitative estimate of drug-likeness (QED) is 0.301. The molecule has 28 heavy (non-hydrogen) atoms. The highest BCUT2D eigenvalue weighted by molar-refractivity contribution is 5.95. The number of carbonyl (C=O) groups excluding carboxylic acids is 1. The van der Waals surface area contributed by atoms with Crippen LogP contribution in [-0.2, 0) is 9.53 Å². The summed E-state index contributed by atoms with van der Waals surface area (Å²) < 4.78 is 16.2. The molecule has 0 aromatic heterocycles. The maximum Gasteiger partial charge on any atom is 0.161 e. The lowest BCUT2D eigenvalue weighted by Crippen LogP contribution is -2.34. The average molecular weight is 386 g/mol. The third-order valence-electron chi connectivity index (χ3n) is 3.89. The number of hydrogen-bond acceptors (Lipinski definition) is 7. The van der Waals surface area contributed by atoms with Crippen LogP contribution in [0, 0.1) is 5.41 Å². The number of nitrogens with one attached hydrogen (secondary N) is 2. The summed E-state index contributed by atoms with van der Waals surface area (Å²) in [7, 11) is 1.58. The first-order chi connectivity index (χ1) is 13.5. The van der Waals surface area contributed by atoms with Gasteiger partial charge in [-0.05, 0) is 48.9 Å². The summed E-state index contributed by atoms with van der Waals surface area (Å²) >= 11 is 0. The van der Waals surface area contributed by atoms with E-state index in [1.165, 1.54) is 0 Å². The number of carboxylic acid groups (broad SMARTS) is 1. The molecular formula is C20H24N3O5-. The van der Waals surface area contributed by atoms with Crippen LogP contribution in [0.4, 0.5) is 5.69 Å². The number of carbonyl (C=O) groups is 1. The second-order valence-corrected chi connectivity index (χ2v) is 5.87. The number of ether oxygens (including phenoxy) is 3. The van der Waals surface area contributed by atoms with Crippen molar-refractivity contribution in [3.05, 3.63) is 53.6 Å². The predicted molar refractivity (Wildman–Crippen MR) is 104 cm³/mol. The lowest BCUT2D eigenvalue weighted by atomic mass is 10.1. The fraction of sp³-hybridized carbons (Fsp3) is 0.300. The number of anilines is 1. The lowest BCUT2D eigenvalue weighted by Gasteiger charge is -2.23. The molecule has 0 amide bonds. The zero-order valence-electron chi connectivity index (χ0n) is 15.9. The minimum Gasteiger partial charge on any atom is -0.548 e. The third kappa shape index (κ3) is 5.62. The molecule has 8 nitrogen and oxygen atoms in total. The summed E-state index contributed by atoms with van der Waals surface area (Å²) in [5.74, 6) is -0.402. The number of nitrogens with two attached hydrogens (primary N) is 1. The molecule has 0 heterocycles. The predicted octanol–water partition coefficient (Wildman–Crippen LogP) is 1.30. The monoisotopic (exact) mass is 386 g/mol. The topological polar surface area (TPSA) is 130 Å². The number of methoxy groups -OCH3 is 1. The highest BCUT2D eigenvalue weighted by Gasteiger charge is 2.16. The number of benzene rings is 2. The van der Waals surface area contributed by atoms with Gasteiger partial charge in [-0.1, -0.05) is 6.07 Å². The van der Waals surface area contributed by atoms with Gasteiger partial charge in [-0.25, -0.2) is 0 Å². The second kappa shape index (κ2) is 10.2. The molecule has 0 saturated carbocycles. The summed E-state index contributed by atoms with van der Waals surface area (Å²) in [4.78, 5) is 11.7. The van der Waals surface area contributed by atoms with Crippen LogP contribution in [0.25, 0.3) is 0 Å². The van der Waals surface area contributed by atoms with Crippen molar-refractivity contribution < 1.29 is 24.1 Å². The van der Waals surface area contributed by atoms with Crippen LogP contribution in [0.15, 0.2) is 42.5 Å². The Bertz CT molecular complexity index is 808. The van der Waals surface area contributed by atoms with Gasteiger partial charge in [0.1, 0.15) is 12.4 Å². The Labute approximate surface area is 163 Å². The van der Waals surface area contributed by atoms with E-state index < -0.39 is 12.0 Å². The molecule has 2 rings (SSSR count). The minimum atomic E-state index is -1.29. The molecule has 0 aliphatic rings. The number of hydrogen-bond donors (Lipinski definition) is 3. The maximum atomic E-state index is 11.7. The molecule has 2 aromatic rings. The Balaban J connectivity index is 2.25. The first-order valence-corrected chi connectivity index (χ1v) is 8.76. The molecular weight excluding hydrogens is 362 g/mol. The van der Waals surface area contributed by atoms with E-state index in [-0.39, 0.29) is 5.84 Å². The second-order valence-electron chi connectivity index (χ2n) is 5.87. The maximum absolute atomic E-state index is 11.7. The van der Waals surface area contributed by atoms with Gasteiger partial charge in [0.15, 0.2) is 11.5 Å². The van der Waals surface area contributed by atoms with Crippen LogP contribution in [-0.4, -0.2) is 38.7 Å². The molecule has 0 aliphatic heterocycles. The number of amidine groups is 1. The van der Waals surface area contributed by atoms with Gasteiger partial charge in [0.25, 0.3) is 0 Å². The fourth-order valence-corrected chi connectivity index (χ4v) is 2.52. The fourth-order valence-electron chi connectivity index (χ4n) is 2.52. The molecule has 4 N–H and O–H groups in total. The first-order valence-electron chi connectivity index (χ1n) is 8.76. The van der Waals surface area contributed by atoms with Crippen molar-refractivity contribution in [3.63, 3.8) is 0 Å². The van der Waals surface area contributed by atoms with Crippen molar-refractivity contribution in [2.75, 3.05) is 32.2 Å². The standard InChI is InChI=1S/C20H25N3O5/c1-3-27-17-12-14(6-9-16(17)28-11-10-26-2)18(20(24)25)23-15-7-4-13(5-8-15)19(21)22/h4-9,12,18,23H,3,10-11H2,1-2H3,(H3,21,22)(H,24,25)/p-1. The van der Waals surface area contributed by atoms with Gasteiger partial charge >= 0.3 is 0 Å². The van der Waals surface area contributed by atoms with Crippen molar-refractivity contribution in [1.29, 1.82) is 5.41 Å². The number of rotatable bonds is 11. The van der Waals surface area contributed by atoms with E-state index in [4.69, 9.17) is 25.4 Å². The molecule has 2 aromatic carbocycles. The summed E-state index contributed by atoms with van der Waals surface area (Å²) in [6, 6.07) is 10.4. The Kier molecular flexibility index (Phi) is 7.65. The van der Waals surface area contributed by atoms with Crippen LogP contribution in [0.1, 0.15) is 24.1 Å². The van der Waals surface area contributed by atoms with Crippen molar-refractivity contribution in [2.45, 2.75) is 13.0 Å². The average Bonchev–Trinajstić information content (AvgIpc) is 2.67. The Morgan fingerprint density at radius 3 is 2.43 bits per heavy atom. The first kappa shape index (κ1) is 21.0. The van der Waals surface area contributed by atoms with Crippen LogP contribution in [0.5, 0.6) is 11.5 Å². The zero-order chi connectivity index (χ0) is 20.5. The highest BCUT2D eigenvalue weighted by atomic mass is 16.5. The van der Waals surface area contributed by atoms with Gasteiger partial charge in [0.05, 0.1) is 25.2 Å². The summed E-state index contributed by atoms with van der Waals surface area (Å²) in [6.45, 7) is 3.00. The Morgan fingerprint density at radius 2 is 1.86 bits per heavy atom. The third-order valence-corrected chi connectivity index (χ3v) is 3.89. The van der Waals surface area contributed by atoms with E-state index in [0.717, 1.165) is 0 Å². The minimum absolute atomic E-state index is 0.0616. The molecule has 0 fully saturated rings. The number of aliphatic carboxylic acids is 1. The molecule has 0 saturated heterocycles. The van der Waals surface area contributed by atoms with E-state index >= 15 is 0 Å². The van der Waals surface area contributed by atoms with Crippen molar-refractivity contribution >= 4 is 17.5 Å². The van der Waals surface area contributed by atoms with Crippen LogP contribution in [0.2, 0.25) is 0 Å². The molecule has 1 atom stereocenters. The van der Waals surface area contributed by atoms with Crippen LogP contribution < -0.4 is 25.6 Å². The lowest BCUT2D eigenvalue weighted by molar-refractivity contribution is -0.307. The molecule has 0 bridgehead atoms. The van der Waals surface area contributed by atoms with Gasteiger partial charge in [0, 0.05) is 18.4 Å². The molecule has 8 heteroatoms. The largest absolute Gasteiger partial charge is 0.548 e. The van der Waals surface area contributed by atoms with Gasteiger partial charge < -0.3 is 35.2 Å². The van der Waals surface area contributed by atoms with Gasteiger partial charge in [-0.3, -0.25) is 5.41 Å². The molecule has 0 aliphatic carbocycles. The van der Waals surface area contributed by atoms with Gasteiger partial charge in [-0.15, -0.1) is 0 Å². The van der Waals surface area contributed by atoms with Crippen LogP contribution in [0.3, 0.4) is 0 Å². The van der Waals surface area contributed by atoms with Crippen molar-refractivity contribution in [1.82, 2.24) is 0 Å². The van der Waals surface area contributed by atoms with Crippen molar-refractivity contribution in [2.24, 2.45) is 5.73 Å². The molecule has 1 unspecified atom stereocenters. The van der Waals surface area contributed by atoms with Gasteiger partial charge in [-0.2, -0.15) is 0 Å². The van der Waals surface area contributed by atoms with Crippen molar-refractivity contribution in [3.8, 4) is 11.5 Å². The Hall–Kier alpha value is -3.26. The molecule has 0 spiro atoms. The SMILES string of the molecule is CCOc1cc(C(Nc2ccc(C(=N)N)cc2)C(=O)[O-])ccc1OCCOC. The smallest absolute Gasteiger partial charge is 0.161 e. The van der Waals surface area contributed by atoms with E-state index in [0.29, 0.717) is 48.1 Å². The molecule has 0 radical (unpaired) electrons. The van der Waals surface area contributed by atoms with Crippen LogP contribution >= 0.6 is 0 Å². The highest BCUT2D eigenvalue weighted by Crippen LogP contribution is 2.32. The van der Waals surface area contributed by atoms with Gasteiger partial charge in [0.2, 0.25) is 0 Å². The zero-order valence-corrected chi connectivity index (χ0v) is 15.9. The summed E-state index contributed by atoms with van der Waals surface area (Å²) in [5, 5.41) is 22.1. The molecule has 150 valence electrons. The van der Waals surface area contributed by atoms with E-state index in [1.807, 2.05) is 6.92 Å². The normalized spacial score (nSPS) is 11.5. The van der Waals surface area contributed by atoms with E-state index in [1.54, 1.807) is 49.6 Å². The Morgan fingerprint density at radius 1 is 1.14 bits per heavy atom.